The first-order valence-electron chi connectivity index (χ1n) is 10.2. The highest BCUT2D eigenvalue weighted by molar-refractivity contribution is 5.92. The zero-order valence-corrected chi connectivity index (χ0v) is 18.9. The minimum absolute atomic E-state index is 0.0904. The largest absolute Gasteiger partial charge is 0.493 e. The maximum atomic E-state index is 7.87. The molecule has 0 aliphatic heterocycles. The minimum Gasteiger partial charge on any atom is -0.493 e. The van der Waals surface area contributed by atoms with E-state index < -0.39 is 0 Å². The molecule has 32 heavy (non-hydrogen) atoms. The van der Waals surface area contributed by atoms with Crippen molar-refractivity contribution in [2.45, 2.75) is 13.8 Å². The summed E-state index contributed by atoms with van der Waals surface area (Å²) in [7, 11) is 3.10. The first kappa shape index (κ1) is 24.6. The smallest absolute Gasteiger partial charge is 0.213 e. The first-order chi connectivity index (χ1) is 15.5. The number of nitrogens with one attached hydrogen (secondary N) is 2. The molecule has 0 aromatic heterocycles. The highest BCUT2D eigenvalue weighted by atomic mass is 16.5. The number of hydrogen-bond donors (Lipinski definition) is 2. The van der Waals surface area contributed by atoms with Crippen molar-refractivity contribution in [3.63, 3.8) is 0 Å². The van der Waals surface area contributed by atoms with Gasteiger partial charge in [0.2, 0.25) is 11.8 Å². The number of hydrogen-bond acceptors (Lipinski definition) is 8. The third kappa shape index (κ3) is 6.94. The number of benzene rings is 2. The molecule has 0 atom stereocenters. The van der Waals surface area contributed by atoms with Crippen LogP contribution in [0.3, 0.4) is 0 Å². The van der Waals surface area contributed by atoms with Crippen LogP contribution in [0.4, 0.5) is 0 Å². The van der Waals surface area contributed by atoms with Crippen molar-refractivity contribution in [1.82, 2.24) is 0 Å². The van der Waals surface area contributed by atoms with Crippen LogP contribution >= 0.6 is 0 Å². The summed E-state index contributed by atoms with van der Waals surface area (Å²) in [5.74, 6) is 2.37. The van der Waals surface area contributed by atoms with E-state index in [2.05, 4.69) is 0 Å². The Labute approximate surface area is 188 Å². The van der Waals surface area contributed by atoms with Gasteiger partial charge in [-0.2, -0.15) is 0 Å². The van der Waals surface area contributed by atoms with Crippen LogP contribution in [-0.4, -0.2) is 52.4 Å². The molecule has 2 rings (SSSR count). The monoisotopic (exact) mass is 442 g/mol. The van der Waals surface area contributed by atoms with E-state index in [4.69, 9.17) is 39.2 Å². The number of rotatable bonds is 12. The summed E-state index contributed by atoms with van der Waals surface area (Å²) in [4.78, 5) is 0. The zero-order valence-electron chi connectivity index (χ0n) is 18.9. The fourth-order valence-electron chi connectivity index (χ4n) is 2.72. The summed E-state index contributed by atoms with van der Waals surface area (Å²) in [6.45, 7) is 5.17. The Kier molecular flexibility index (Phi) is 9.90. The zero-order chi connectivity index (χ0) is 23.3. The molecule has 0 saturated carbocycles. The summed E-state index contributed by atoms with van der Waals surface area (Å²) in [5.41, 5.74) is 1.24. The predicted molar refractivity (Wildman–Crippen MR) is 123 cm³/mol. The molecule has 0 amide bonds. The molecule has 0 aliphatic carbocycles. The second-order valence-electron chi connectivity index (χ2n) is 6.35. The van der Waals surface area contributed by atoms with Crippen molar-refractivity contribution < 1.29 is 28.4 Å². The van der Waals surface area contributed by atoms with Gasteiger partial charge in [0.1, 0.15) is 13.2 Å². The Morgan fingerprint density at radius 3 is 1.44 bits per heavy atom. The molecule has 172 valence electrons. The topological polar surface area (TPSA) is 103 Å². The number of ether oxygens (including phenoxy) is 6. The Morgan fingerprint density at radius 2 is 1.09 bits per heavy atom. The Morgan fingerprint density at radius 1 is 0.688 bits per heavy atom. The van der Waals surface area contributed by atoms with E-state index in [1.165, 1.54) is 0 Å². The average Bonchev–Trinajstić information content (AvgIpc) is 2.81. The number of methoxy groups -OCH3 is 2. The van der Waals surface area contributed by atoms with E-state index in [9.17, 15) is 0 Å². The molecule has 2 aromatic rings. The molecule has 2 aromatic carbocycles. The quantitative estimate of drug-likeness (QED) is 0.286. The molecule has 0 saturated heterocycles. The molecule has 2 N–H and O–H groups in total. The van der Waals surface area contributed by atoms with Crippen molar-refractivity contribution >= 4 is 11.8 Å². The van der Waals surface area contributed by atoms with Gasteiger partial charge in [0.25, 0.3) is 0 Å². The fourth-order valence-corrected chi connectivity index (χ4v) is 2.72. The van der Waals surface area contributed by atoms with Crippen LogP contribution in [0, 0.1) is 10.8 Å². The second-order valence-corrected chi connectivity index (χ2v) is 6.35. The molecule has 0 unspecified atom stereocenters. The lowest BCUT2D eigenvalue weighted by Gasteiger charge is -2.12. The summed E-state index contributed by atoms with van der Waals surface area (Å²) in [5, 5.41) is 15.7. The minimum atomic E-state index is 0.0904. The van der Waals surface area contributed by atoms with Gasteiger partial charge < -0.3 is 28.4 Å². The van der Waals surface area contributed by atoms with Crippen molar-refractivity contribution in [2.75, 3.05) is 40.6 Å². The summed E-state index contributed by atoms with van der Waals surface area (Å²) < 4.78 is 32.6. The lowest BCUT2D eigenvalue weighted by molar-refractivity contribution is 0.315. The standard InChI is InChI=1S/C24H30N2O6/c1-5-29-23(25)17-9-11-19(21(15-17)27-3)31-13-7-8-14-32-20-12-10-18(16-22(20)28-4)24(26)30-6-2/h7-12,15-16,25-26H,5-6,13-14H2,1-4H3/b8-7-,25-23?,26-24?. The summed E-state index contributed by atoms with van der Waals surface area (Å²) in [6.07, 6.45) is 3.67. The molecule has 0 spiro atoms. The Balaban J connectivity index is 1.89. The Hall–Kier alpha value is -3.68. The maximum Gasteiger partial charge on any atom is 0.213 e. The van der Waals surface area contributed by atoms with Gasteiger partial charge in [-0.15, -0.1) is 0 Å². The van der Waals surface area contributed by atoms with Gasteiger partial charge in [0.05, 0.1) is 27.4 Å². The van der Waals surface area contributed by atoms with Crippen molar-refractivity contribution in [3.8, 4) is 23.0 Å². The molecule has 8 nitrogen and oxygen atoms in total. The van der Waals surface area contributed by atoms with Gasteiger partial charge in [0.15, 0.2) is 23.0 Å². The van der Waals surface area contributed by atoms with E-state index in [1.807, 2.05) is 26.0 Å². The molecular weight excluding hydrogens is 412 g/mol. The molecule has 0 radical (unpaired) electrons. The maximum absolute atomic E-state index is 7.87. The van der Waals surface area contributed by atoms with Gasteiger partial charge in [-0.3, -0.25) is 10.8 Å². The van der Waals surface area contributed by atoms with E-state index in [-0.39, 0.29) is 11.8 Å². The highest BCUT2D eigenvalue weighted by Crippen LogP contribution is 2.29. The molecule has 0 heterocycles. The fraction of sp³-hybridized carbons (Fsp3) is 0.333. The third-order valence-electron chi connectivity index (χ3n) is 4.27. The van der Waals surface area contributed by atoms with Crippen LogP contribution in [0.5, 0.6) is 23.0 Å². The lowest BCUT2D eigenvalue weighted by atomic mass is 10.2. The Bertz CT molecular complexity index is 867. The van der Waals surface area contributed by atoms with E-state index in [0.29, 0.717) is 60.6 Å². The van der Waals surface area contributed by atoms with Crippen molar-refractivity contribution in [3.05, 3.63) is 59.7 Å². The van der Waals surface area contributed by atoms with Gasteiger partial charge in [-0.25, -0.2) is 0 Å². The van der Waals surface area contributed by atoms with E-state index >= 15 is 0 Å². The van der Waals surface area contributed by atoms with E-state index in [1.54, 1.807) is 50.6 Å². The van der Waals surface area contributed by atoms with Gasteiger partial charge >= 0.3 is 0 Å². The molecule has 8 heteroatoms. The van der Waals surface area contributed by atoms with Gasteiger partial charge in [-0.1, -0.05) is 0 Å². The van der Waals surface area contributed by atoms with Crippen LogP contribution in [0.2, 0.25) is 0 Å². The normalized spacial score (nSPS) is 10.5. The SMILES string of the molecule is CCOC(=N)c1ccc(OC/C=C\COc2ccc(C(=N)OCC)cc2OC)c(OC)c1. The van der Waals surface area contributed by atoms with E-state index in [0.717, 1.165) is 0 Å². The third-order valence-corrected chi connectivity index (χ3v) is 4.27. The average molecular weight is 443 g/mol. The molecule has 0 aliphatic rings. The van der Waals surface area contributed by atoms with Gasteiger partial charge in [-0.05, 0) is 62.4 Å². The summed E-state index contributed by atoms with van der Waals surface area (Å²) >= 11 is 0. The summed E-state index contributed by atoms with van der Waals surface area (Å²) in [6, 6.07) is 10.4. The first-order valence-corrected chi connectivity index (χ1v) is 10.2. The second kappa shape index (κ2) is 12.9. The van der Waals surface area contributed by atoms with Crippen molar-refractivity contribution in [1.29, 1.82) is 10.8 Å². The highest BCUT2D eigenvalue weighted by Gasteiger charge is 2.10. The van der Waals surface area contributed by atoms with Crippen molar-refractivity contribution in [2.24, 2.45) is 0 Å². The van der Waals surface area contributed by atoms with Crippen LogP contribution in [0.1, 0.15) is 25.0 Å². The van der Waals surface area contributed by atoms with Crippen LogP contribution in [0.25, 0.3) is 0 Å². The van der Waals surface area contributed by atoms with Crippen LogP contribution < -0.4 is 18.9 Å². The molecule has 0 bridgehead atoms. The molecular formula is C24H30N2O6. The molecule has 0 fully saturated rings. The lowest BCUT2D eigenvalue weighted by Crippen LogP contribution is -2.06. The van der Waals surface area contributed by atoms with Crippen LogP contribution in [0.15, 0.2) is 48.6 Å². The van der Waals surface area contributed by atoms with Crippen LogP contribution in [-0.2, 0) is 9.47 Å². The predicted octanol–water partition coefficient (Wildman–Crippen LogP) is 4.44. The van der Waals surface area contributed by atoms with Gasteiger partial charge in [0, 0.05) is 11.1 Å².